The molecule has 11 heteroatoms. The van der Waals surface area contributed by atoms with Crippen molar-refractivity contribution in [2.24, 2.45) is 5.92 Å². The molecule has 0 saturated carbocycles. The monoisotopic (exact) mass is 526 g/mol. The molecular formula is C23H31N2O6PS2. The van der Waals surface area contributed by atoms with Crippen LogP contribution in [-0.4, -0.2) is 39.7 Å². The minimum Gasteiger partial charge on any atom is -0.349 e. The summed E-state index contributed by atoms with van der Waals surface area (Å²) >= 11 is 0. The minimum atomic E-state index is -3.75. The standard InChI is InChI=1S/C23H31N2O6PS2/c1-15-10-12-25(22(26)24-15)21-16(2)20-18(30-21)14-29-32(27,31-20)28-13-11-17-8-6-7-9-19(17)33-34-23(3,4)5/h6-10,12,16,18,20-21H,11,13-14H2,1-5H3/t16-,18+,20-,21+,32?/m0/s1. The molecule has 186 valence electrons. The van der Waals surface area contributed by atoms with Crippen LogP contribution < -0.4 is 5.69 Å². The van der Waals surface area contributed by atoms with Gasteiger partial charge in [0.1, 0.15) is 18.4 Å². The first-order valence-electron chi connectivity index (χ1n) is 11.3. The van der Waals surface area contributed by atoms with E-state index in [9.17, 15) is 9.36 Å². The smallest absolute Gasteiger partial charge is 0.349 e. The molecule has 8 nitrogen and oxygen atoms in total. The summed E-state index contributed by atoms with van der Waals surface area (Å²) in [5, 5.41) is 0. The second-order valence-corrected chi connectivity index (χ2v) is 14.1. The number of nitrogens with zero attached hydrogens (tertiary/aromatic N) is 2. The molecular weight excluding hydrogens is 495 g/mol. The lowest BCUT2D eigenvalue weighted by Crippen LogP contribution is -2.36. The average molecular weight is 527 g/mol. The number of rotatable bonds is 7. The first-order chi connectivity index (χ1) is 16.0. The summed E-state index contributed by atoms with van der Waals surface area (Å²) in [6, 6.07) is 9.88. The first kappa shape index (κ1) is 25.9. The van der Waals surface area contributed by atoms with E-state index >= 15 is 0 Å². The zero-order chi connectivity index (χ0) is 24.5. The Morgan fingerprint density at radius 1 is 1.26 bits per heavy atom. The van der Waals surface area contributed by atoms with Crippen LogP contribution in [0.3, 0.4) is 0 Å². The number of phosphoric acid groups is 1. The molecule has 0 N–H and O–H groups in total. The Morgan fingerprint density at radius 2 is 2.03 bits per heavy atom. The lowest BCUT2D eigenvalue weighted by atomic mass is 10.0. The van der Waals surface area contributed by atoms with Crippen LogP contribution in [0.1, 0.15) is 45.2 Å². The Balaban J connectivity index is 1.37. The van der Waals surface area contributed by atoms with Crippen LogP contribution in [0.5, 0.6) is 0 Å². The maximum atomic E-state index is 13.2. The molecule has 1 aromatic carbocycles. The van der Waals surface area contributed by atoms with Gasteiger partial charge in [-0.05, 0) is 31.0 Å². The van der Waals surface area contributed by atoms with E-state index in [1.807, 2.05) is 25.1 Å². The highest BCUT2D eigenvalue weighted by atomic mass is 33.1. The molecule has 4 rings (SSSR count). The van der Waals surface area contributed by atoms with Crippen molar-refractivity contribution in [3.8, 4) is 0 Å². The van der Waals surface area contributed by atoms with Gasteiger partial charge in [0.25, 0.3) is 0 Å². The van der Waals surface area contributed by atoms with Crippen LogP contribution in [0.25, 0.3) is 0 Å². The van der Waals surface area contributed by atoms with Gasteiger partial charge in [0.2, 0.25) is 0 Å². The van der Waals surface area contributed by atoms with Gasteiger partial charge in [0.05, 0.1) is 13.2 Å². The van der Waals surface area contributed by atoms with Gasteiger partial charge in [-0.3, -0.25) is 18.1 Å². The number of phosphoric ester groups is 1. The fourth-order valence-corrected chi connectivity index (χ4v) is 7.56. The van der Waals surface area contributed by atoms with Gasteiger partial charge in [0, 0.05) is 27.5 Å². The molecule has 5 atom stereocenters. The molecule has 2 aliphatic heterocycles. The zero-order valence-electron chi connectivity index (χ0n) is 20.0. The van der Waals surface area contributed by atoms with E-state index in [1.54, 1.807) is 40.8 Å². The van der Waals surface area contributed by atoms with E-state index in [4.69, 9.17) is 18.3 Å². The highest BCUT2D eigenvalue weighted by molar-refractivity contribution is 8.77. The normalized spacial score (nSPS) is 29.2. The summed E-state index contributed by atoms with van der Waals surface area (Å²) in [6.45, 7) is 10.5. The molecule has 1 aromatic heterocycles. The lowest BCUT2D eigenvalue weighted by Gasteiger charge is -2.31. The van der Waals surface area contributed by atoms with Gasteiger partial charge in [-0.1, -0.05) is 67.5 Å². The van der Waals surface area contributed by atoms with Gasteiger partial charge in [0.15, 0.2) is 0 Å². The largest absolute Gasteiger partial charge is 0.475 e. The van der Waals surface area contributed by atoms with Gasteiger partial charge < -0.3 is 4.74 Å². The van der Waals surface area contributed by atoms with E-state index in [2.05, 4.69) is 31.8 Å². The van der Waals surface area contributed by atoms with Crippen LogP contribution in [0.15, 0.2) is 46.2 Å². The Labute approximate surface area is 208 Å². The average Bonchev–Trinajstić information content (AvgIpc) is 3.08. The van der Waals surface area contributed by atoms with Crippen LogP contribution in [0.2, 0.25) is 0 Å². The third-order valence-corrected chi connectivity index (χ3v) is 10.4. The molecule has 0 aliphatic carbocycles. The fourth-order valence-electron chi connectivity index (χ4n) is 3.83. The van der Waals surface area contributed by atoms with Crippen LogP contribution in [0, 0.1) is 12.8 Å². The molecule has 2 aromatic rings. The summed E-state index contributed by atoms with van der Waals surface area (Å²) in [5.74, 6) is -0.236. The molecule has 2 fully saturated rings. The van der Waals surface area contributed by atoms with Crippen molar-refractivity contribution in [3.05, 3.63) is 58.3 Å². The SMILES string of the molecule is Cc1ccn([C@@H]2O[C@@H]3COP(=O)(OCCc4ccccc4SSC(C)(C)C)O[C@H]3[C@@H]2C)c(=O)n1. The second-order valence-electron chi connectivity index (χ2n) is 9.47. The second kappa shape index (κ2) is 10.5. The molecule has 3 heterocycles. The van der Waals surface area contributed by atoms with Crippen molar-refractivity contribution in [1.82, 2.24) is 9.55 Å². The number of aromatic nitrogens is 2. The van der Waals surface area contributed by atoms with Crippen molar-refractivity contribution in [1.29, 1.82) is 0 Å². The lowest BCUT2D eigenvalue weighted by molar-refractivity contribution is -0.0721. The summed E-state index contributed by atoms with van der Waals surface area (Å²) in [7, 11) is -0.214. The summed E-state index contributed by atoms with van der Waals surface area (Å²) in [6.07, 6.45) is 0.717. The van der Waals surface area contributed by atoms with E-state index in [-0.39, 0.29) is 23.9 Å². The molecule has 2 saturated heterocycles. The van der Waals surface area contributed by atoms with Crippen LogP contribution in [-0.2, 0) is 29.3 Å². The highest BCUT2D eigenvalue weighted by Gasteiger charge is 2.52. The highest BCUT2D eigenvalue weighted by Crippen LogP contribution is 2.57. The molecule has 0 radical (unpaired) electrons. The summed E-state index contributed by atoms with van der Waals surface area (Å²) in [5.41, 5.74) is 1.37. The Hall–Kier alpha value is -1.13. The number of aryl methyl sites for hydroxylation is 1. The zero-order valence-corrected chi connectivity index (χ0v) is 22.5. The van der Waals surface area contributed by atoms with Gasteiger partial charge >= 0.3 is 13.5 Å². The Bertz CT molecular complexity index is 1120. The van der Waals surface area contributed by atoms with E-state index < -0.39 is 31.9 Å². The van der Waals surface area contributed by atoms with E-state index in [0.29, 0.717) is 12.1 Å². The van der Waals surface area contributed by atoms with Gasteiger partial charge in [-0.25, -0.2) is 9.36 Å². The summed E-state index contributed by atoms with van der Waals surface area (Å²) in [4.78, 5) is 17.5. The quantitative estimate of drug-likeness (QED) is 0.347. The number of ether oxygens (including phenoxy) is 1. The molecule has 0 amide bonds. The molecule has 1 unspecified atom stereocenters. The number of hydrogen-bond donors (Lipinski definition) is 0. The van der Waals surface area contributed by atoms with E-state index in [0.717, 1.165) is 10.5 Å². The number of fused-ring (bicyclic) bond motifs is 1. The molecule has 34 heavy (non-hydrogen) atoms. The molecule has 0 spiro atoms. The van der Waals surface area contributed by atoms with Crippen LogP contribution >= 0.6 is 29.4 Å². The third-order valence-electron chi connectivity index (χ3n) is 5.51. The topological polar surface area (TPSA) is 88.9 Å². The third kappa shape index (κ3) is 6.16. The predicted molar refractivity (Wildman–Crippen MR) is 134 cm³/mol. The van der Waals surface area contributed by atoms with Crippen molar-refractivity contribution in [3.63, 3.8) is 0 Å². The van der Waals surface area contributed by atoms with Gasteiger partial charge in [-0.2, -0.15) is 4.98 Å². The fraction of sp³-hybridized carbons (Fsp3) is 0.565. The number of hydrogen-bond acceptors (Lipinski definition) is 9. The Kier molecular flexibility index (Phi) is 7.99. The van der Waals surface area contributed by atoms with Crippen LogP contribution in [0.4, 0.5) is 0 Å². The van der Waals surface area contributed by atoms with Gasteiger partial charge in [-0.15, -0.1) is 0 Å². The predicted octanol–water partition coefficient (Wildman–Crippen LogP) is 5.41. The van der Waals surface area contributed by atoms with Crippen molar-refractivity contribution >= 4 is 29.4 Å². The maximum absolute atomic E-state index is 13.2. The Morgan fingerprint density at radius 3 is 2.76 bits per heavy atom. The maximum Gasteiger partial charge on any atom is 0.475 e. The molecule has 0 bridgehead atoms. The first-order valence-corrected chi connectivity index (χ1v) is 14.9. The molecule has 2 aliphatic rings. The number of benzene rings is 1. The van der Waals surface area contributed by atoms with Crippen molar-refractivity contribution in [2.75, 3.05) is 13.2 Å². The van der Waals surface area contributed by atoms with Crippen molar-refractivity contribution < 1.29 is 22.9 Å². The van der Waals surface area contributed by atoms with Crippen molar-refractivity contribution in [2.45, 2.75) is 69.1 Å². The summed E-state index contributed by atoms with van der Waals surface area (Å²) < 4.78 is 37.8. The van der Waals surface area contributed by atoms with E-state index in [1.165, 1.54) is 4.57 Å². The minimum absolute atomic E-state index is 0.0749.